The van der Waals surface area contributed by atoms with Crippen molar-refractivity contribution in [2.75, 3.05) is 0 Å². The Kier molecular flexibility index (Phi) is 13.5. The Morgan fingerprint density at radius 3 is 1.19 bits per heavy atom. The van der Waals surface area contributed by atoms with Crippen molar-refractivity contribution in [3.63, 3.8) is 0 Å². The van der Waals surface area contributed by atoms with E-state index in [9.17, 15) is 0 Å². The maximum Gasteiger partial charge on any atom is 2.00 e. The monoisotopic (exact) mass is 342 g/mol. The minimum Gasteiger partial charge on any atom is -0.340 e. The molecule has 0 N–H and O–H groups in total. The van der Waals surface area contributed by atoms with Gasteiger partial charge < -0.3 is 13.8 Å². The van der Waals surface area contributed by atoms with Crippen LogP contribution in [-0.2, 0) is 19.5 Å². The Labute approximate surface area is 148 Å². The fraction of sp³-hybridized carbons (Fsp3) is 0.900. The van der Waals surface area contributed by atoms with Gasteiger partial charge in [-0.2, -0.15) is 11.8 Å². The van der Waals surface area contributed by atoms with Crippen LogP contribution in [0.2, 0.25) is 0 Å². The maximum absolute atomic E-state index is 4.18. The normalized spacial score (nSPS) is 23.4. The summed E-state index contributed by atoms with van der Waals surface area (Å²) in [4.78, 5) is 0. The first-order chi connectivity index (χ1) is 9.69. The van der Waals surface area contributed by atoms with Crippen molar-refractivity contribution in [3.8, 4) is 0 Å². The van der Waals surface area contributed by atoms with Crippen LogP contribution in [0.4, 0.5) is 0 Å². The molecule has 0 aliphatic heterocycles. The van der Waals surface area contributed by atoms with Gasteiger partial charge in [0.2, 0.25) is 0 Å². The molecule has 0 spiro atoms. The van der Waals surface area contributed by atoms with Gasteiger partial charge in [-0.05, 0) is 0 Å². The summed E-state index contributed by atoms with van der Waals surface area (Å²) in [6.07, 6.45) is 17.1. The molecule has 0 aromatic rings. The molecule has 1 heteroatoms. The van der Waals surface area contributed by atoms with Crippen molar-refractivity contribution in [2.45, 2.75) is 90.9 Å². The van der Waals surface area contributed by atoms with Crippen LogP contribution in [-0.4, -0.2) is 0 Å². The van der Waals surface area contributed by atoms with Gasteiger partial charge in [0, 0.05) is 0 Å². The predicted molar refractivity (Wildman–Crippen MR) is 91.4 cm³/mol. The average Bonchev–Trinajstić information content (AvgIpc) is 2.55. The number of hydrogen-bond donors (Lipinski definition) is 0. The van der Waals surface area contributed by atoms with Gasteiger partial charge in [0.1, 0.15) is 0 Å². The van der Waals surface area contributed by atoms with Crippen LogP contribution >= 0.6 is 0 Å². The smallest absolute Gasteiger partial charge is 0.340 e. The van der Waals surface area contributed by atoms with Crippen LogP contribution < -0.4 is 0 Å². The van der Waals surface area contributed by atoms with Gasteiger partial charge in [-0.15, -0.1) is 0 Å². The molecule has 2 saturated carbocycles. The van der Waals surface area contributed by atoms with Crippen molar-refractivity contribution in [2.24, 2.45) is 23.7 Å². The molecule has 21 heavy (non-hydrogen) atoms. The van der Waals surface area contributed by atoms with E-state index in [0.717, 1.165) is 23.7 Å². The largest absolute Gasteiger partial charge is 2.00 e. The van der Waals surface area contributed by atoms with E-state index in [-0.39, 0.29) is 19.5 Å². The molecule has 0 amide bonds. The van der Waals surface area contributed by atoms with Crippen molar-refractivity contribution in [1.82, 2.24) is 0 Å². The minimum absolute atomic E-state index is 0. The average molecular weight is 344 g/mol. The van der Waals surface area contributed by atoms with E-state index >= 15 is 0 Å². The Balaban J connectivity index is 0.000000364. The van der Waals surface area contributed by atoms with Crippen molar-refractivity contribution >= 4 is 0 Å². The molecule has 0 heterocycles. The third-order valence-electron chi connectivity index (χ3n) is 5.68. The summed E-state index contributed by atoms with van der Waals surface area (Å²) in [6.45, 7) is 12.9. The van der Waals surface area contributed by atoms with Gasteiger partial charge in [-0.25, -0.2) is 0 Å². The molecule has 0 nitrogen and oxygen atoms in total. The van der Waals surface area contributed by atoms with Crippen molar-refractivity contribution in [1.29, 1.82) is 0 Å². The molecule has 0 radical (unpaired) electrons. The van der Waals surface area contributed by atoms with Crippen LogP contribution in [0.1, 0.15) is 90.9 Å². The molecule has 0 saturated heterocycles. The van der Waals surface area contributed by atoms with E-state index in [0.29, 0.717) is 0 Å². The van der Waals surface area contributed by atoms with Crippen LogP contribution in [0.5, 0.6) is 0 Å². The standard InChI is InChI=1S/2C10H19.Zn/c2*1-3-9(2)10-7-5-4-6-8-10;/h2*9-10H,2-8H2,1H3;/q2*-1;+2. The summed E-state index contributed by atoms with van der Waals surface area (Å²) in [5, 5.41) is 0. The molecule has 0 bridgehead atoms. The molecule has 0 aromatic heterocycles. The molecule has 2 unspecified atom stereocenters. The SMILES string of the molecule is [CH2-]C(CC)C1CCCCC1.[CH2-]C(CC)C1CCCCC1.[Zn+2]. The van der Waals surface area contributed by atoms with Crippen LogP contribution in [0.25, 0.3) is 0 Å². The molecule has 2 atom stereocenters. The fourth-order valence-electron chi connectivity index (χ4n) is 3.88. The predicted octanol–water partition coefficient (Wildman–Crippen LogP) is 6.85. The Morgan fingerprint density at radius 2 is 0.952 bits per heavy atom. The van der Waals surface area contributed by atoms with Crippen molar-refractivity contribution in [3.05, 3.63) is 13.8 Å². The third-order valence-corrected chi connectivity index (χ3v) is 5.68. The van der Waals surface area contributed by atoms with Crippen LogP contribution in [0.3, 0.4) is 0 Å². The zero-order valence-corrected chi connectivity index (χ0v) is 17.9. The Morgan fingerprint density at radius 1 is 0.667 bits per heavy atom. The van der Waals surface area contributed by atoms with Gasteiger partial charge in [0.15, 0.2) is 0 Å². The van der Waals surface area contributed by atoms with Gasteiger partial charge in [0.05, 0.1) is 0 Å². The summed E-state index contributed by atoms with van der Waals surface area (Å²) >= 11 is 0. The maximum atomic E-state index is 4.18. The topological polar surface area (TPSA) is 0 Å². The molecule has 2 fully saturated rings. The summed E-state index contributed by atoms with van der Waals surface area (Å²) in [5.41, 5.74) is 0. The van der Waals surface area contributed by atoms with Gasteiger partial charge in [-0.1, -0.05) is 103 Å². The fourth-order valence-corrected chi connectivity index (χ4v) is 3.88. The van der Waals surface area contributed by atoms with Crippen molar-refractivity contribution < 1.29 is 19.5 Å². The first-order valence-electron chi connectivity index (χ1n) is 9.35. The summed E-state index contributed by atoms with van der Waals surface area (Å²) in [6, 6.07) is 0. The van der Waals surface area contributed by atoms with Crippen LogP contribution in [0.15, 0.2) is 0 Å². The molecule has 2 aliphatic carbocycles. The zero-order chi connectivity index (χ0) is 14.8. The van der Waals surface area contributed by atoms with E-state index in [1.54, 1.807) is 0 Å². The van der Waals surface area contributed by atoms with E-state index in [2.05, 4.69) is 27.7 Å². The third kappa shape index (κ3) is 8.73. The molecule has 0 aromatic carbocycles. The van der Waals surface area contributed by atoms with E-state index in [1.165, 1.54) is 77.0 Å². The van der Waals surface area contributed by atoms with E-state index in [4.69, 9.17) is 0 Å². The first kappa shape index (κ1) is 21.6. The number of hydrogen-bond acceptors (Lipinski definition) is 0. The second-order valence-electron chi connectivity index (χ2n) is 7.13. The minimum atomic E-state index is 0. The summed E-state index contributed by atoms with van der Waals surface area (Å²) < 4.78 is 0. The van der Waals surface area contributed by atoms with Gasteiger partial charge in [0.25, 0.3) is 0 Å². The second kappa shape index (κ2) is 13.1. The molecule has 2 aliphatic rings. The molecule has 120 valence electrons. The summed E-state index contributed by atoms with van der Waals surface area (Å²) in [7, 11) is 0. The number of rotatable bonds is 4. The van der Waals surface area contributed by atoms with Gasteiger partial charge in [-0.3, -0.25) is 0 Å². The second-order valence-corrected chi connectivity index (χ2v) is 7.13. The quantitative estimate of drug-likeness (QED) is 0.386. The van der Waals surface area contributed by atoms with Gasteiger partial charge >= 0.3 is 19.5 Å². The summed E-state index contributed by atoms with van der Waals surface area (Å²) in [5.74, 6) is 3.39. The molecular weight excluding hydrogens is 306 g/mol. The molecule has 2 rings (SSSR count). The van der Waals surface area contributed by atoms with E-state index in [1.807, 2.05) is 0 Å². The molecular formula is C20H38Zn. The Bertz CT molecular complexity index is 190. The first-order valence-corrected chi connectivity index (χ1v) is 9.35. The van der Waals surface area contributed by atoms with Crippen LogP contribution in [0, 0.1) is 37.5 Å². The zero-order valence-electron chi connectivity index (χ0n) is 14.9. The Hall–Kier alpha value is 0.623. The van der Waals surface area contributed by atoms with E-state index < -0.39 is 0 Å².